The maximum absolute atomic E-state index is 12.2. The topological polar surface area (TPSA) is 41.5 Å². The molecule has 6 heteroatoms. The summed E-state index contributed by atoms with van der Waals surface area (Å²) in [5.41, 5.74) is 0.382. The molecule has 0 fully saturated rings. The minimum atomic E-state index is -4.22. The first kappa shape index (κ1) is 21.5. The summed E-state index contributed by atoms with van der Waals surface area (Å²) in [5.74, 6) is 0.200. The molecule has 2 atom stereocenters. The first-order valence-corrected chi connectivity index (χ1v) is 8.56. The Hall–Kier alpha value is -1.59. The van der Waals surface area contributed by atoms with Crippen molar-refractivity contribution in [2.75, 3.05) is 0 Å². The molecule has 0 aromatic carbocycles. The van der Waals surface area contributed by atoms with Crippen LogP contribution in [0.2, 0.25) is 0 Å². The van der Waals surface area contributed by atoms with E-state index in [1.165, 1.54) is 12.2 Å². The van der Waals surface area contributed by atoms with Crippen LogP contribution < -0.4 is 5.32 Å². The van der Waals surface area contributed by atoms with Crippen LogP contribution in [0.3, 0.4) is 0 Å². The third-order valence-electron chi connectivity index (χ3n) is 4.70. The molecule has 25 heavy (non-hydrogen) atoms. The molecule has 0 aromatic rings. The van der Waals surface area contributed by atoms with E-state index in [1.54, 1.807) is 6.92 Å². The van der Waals surface area contributed by atoms with Gasteiger partial charge in [0.1, 0.15) is 11.4 Å². The van der Waals surface area contributed by atoms with Crippen LogP contribution in [0, 0.1) is 11.3 Å². The molecule has 1 aliphatic heterocycles. The molecule has 0 saturated heterocycles. The van der Waals surface area contributed by atoms with Gasteiger partial charge in [0.05, 0.1) is 6.42 Å². The summed E-state index contributed by atoms with van der Waals surface area (Å²) >= 11 is 0. The molecule has 1 N–H and O–H groups in total. The number of aliphatic imine (C=N–C) groups is 1. The molecule has 0 aliphatic carbocycles. The predicted octanol–water partition coefficient (Wildman–Crippen LogP) is 5.19. The number of hydrogen-bond acceptors (Lipinski definition) is 2. The van der Waals surface area contributed by atoms with Crippen molar-refractivity contribution >= 4 is 11.6 Å². The normalized spacial score (nSPS) is 23.8. The van der Waals surface area contributed by atoms with Gasteiger partial charge in [-0.3, -0.25) is 9.79 Å². The summed E-state index contributed by atoms with van der Waals surface area (Å²) in [4.78, 5) is 16.7. The second kappa shape index (κ2) is 7.75. The third kappa shape index (κ3) is 7.04. The quantitative estimate of drug-likeness (QED) is 0.652. The molecule has 0 spiro atoms. The van der Waals surface area contributed by atoms with Gasteiger partial charge in [-0.25, -0.2) is 0 Å². The number of carbonyl (C=O) groups excluding carboxylic acids is 1. The minimum absolute atomic E-state index is 0.185. The van der Waals surface area contributed by atoms with Crippen molar-refractivity contribution in [1.29, 1.82) is 0 Å². The highest BCUT2D eigenvalue weighted by Crippen LogP contribution is 2.32. The molecule has 1 rings (SSSR count). The number of rotatable bonds is 6. The molecule has 2 unspecified atom stereocenters. The monoisotopic (exact) mass is 358 g/mol. The van der Waals surface area contributed by atoms with Crippen molar-refractivity contribution < 1.29 is 18.0 Å². The lowest BCUT2D eigenvalue weighted by Crippen LogP contribution is -2.40. The van der Waals surface area contributed by atoms with Gasteiger partial charge in [-0.15, -0.1) is 0 Å². The Morgan fingerprint density at radius 3 is 2.44 bits per heavy atom. The molecular weight excluding hydrogens is 329 g/mol. The van der Waals surface area contributed by atoms with Gasteiger partial charge < -0.3 is 5.32 Å². The smallest absolute Gasteiger partial charge is 0.327 e. The Morgan fingerprint density at radius 2 is 1.92 bits per heavy atom. The largest absolute Gasteiger partial charge is 0.392 e. The van der Waals surface area contributed by atoms with Gasteiger partial charge >= 0.3 is 6.18 Å². The summed E-state index contributed by atoms with van der Waals surface area (Å²) in [7, 11) is 0. The maximum Gasteiger partial charge on any atom is 0.392 e. The second-order valence-corrected chi connectivity index (χ2v) is 8.09. The van der Waals surface area contributed by atoms with Crippen LogP contribution in [-0.2, 0) is 4.79 Å². The van der Waals surface area contributed by atoms with E-state index in [0.717, 1.165) is 18.9 Å². The highest BCUT2D eigenvalue weighted by atomic mass is 19.4. The van der Waals surface area contributed by atoms with Gasteiger partial charge in [-0.1, -0.05) is 45.9 Å². The number of hydrogen-bond donors (Lipinski definition) is 1. The van der Waals surface area contributed by atoms with Gasteiger partial charge in [-0.2, -0.15) is 13.2 Å². The highest BCUT2D eigenvalue weighted by Gasteiger charge is 2.36. The van der Waals surface area contributed by atoms with Crippen molar-refractivity contribution in [2.45, 2.75) is 72.6 Å². The van der Waals surface area contributed by atoms with E-state index in [4.69, 9.17) is 0 Å². The Kier molecular flexibility index (Phi) is 6.65. The fraction of sp³-hybridized carbons (Fsp3) is 0.684. The number of amides is 1. The van der Waals surface area contributed by atoms with E-state index in [9.17, 15) is 18.0 Å². The number of halogens is 3. The lowest BCUT2D eigenvalue weighted by molar-refractivity contribution is -0.125. The number of alkyl halides is 3. The summed E-state index contributed by atoms with van der Waals surface area (Å²) in [6, 6.07) is 0. The van der Waals surface area contributed by atoms with Crippen LogP contribution in [0.4, 0.5) is 13.2 Å². The predicted molar refractivity (Wildman–Crippen MR) is 95.4 cm³/mol. The fourth-order valence-corrected chi connectivity index (χ4v) is 2.44. The van der Waals surface area contributed by atoms with Crippen LogP contribution in [0.5, 0.6) is 0 Å². The summed E-state index contributed by atoms with van der Waals surface area (Å²) in [5, 5.41) is 2.90. The number of carbonyl (C=O) groups is 1. The molecule has 1 aliphatic rings. The maximum atomic E-state index is 12.2. The summed E-state index contributed by atoms with van der Waals surface area (Å²) in [6.07, 6.45) is 0.272. The van der Waals surface area contributed by atoms with Crippen molar-refractivity contribution in [2.24, 2.45) is 16.3 Å². The van der Waals surface area contributed by atoms with Crippen LogP contribution in [-0.4, -0.2) is 23.5 Å². The third-order valence-corrected chi connectivity index (χ3v) is 4.70. The average Bonchev–Trinajstić information content (AvgIpc) is 2.74. The molecular formula is C19H29F3N2O. The lowest BCUT2D eigenvalue weighted by atomic mass is 9.78. The van der Waals surface area contributed by atoms with Crippen LogP contribution in [0.1, 0.15) is 60.8 Å². The van der Waals surface area contributed by atoms with Crippen LogP contribution >= 0.6 is 0 Å². The van der Waals surface area contributed by atoms with Crippen molar-refractivity contribution in [1.82, 2.24) is 5.32 Å². The van der Waals surface area contributed by atoms with E-state index in [-0.39, 0.29) is 11.3 Å². The standard InChI is InChI=1S/C19H29F3N2O/c1-13(9-7-8-11-19(20,21)22)15-16(25)24-18(6,23-15)12-10-14(2)17(3,4)5/h7-9,14H,10-12H2,1-6H3,(H,24,25)/b8-7-,13-9+. The minimum Gasteiger partial charge on any atom is -0.327 e. The van der Waals surface area contributed by atoms with E-state index in [1.807, 2.05) is 6.92 Å². The van der Waals surface area contributed by atoms with Crippen molar-refractivity contribution in [3.63, 3.8) is 0 Å². The zero-order valence-electron chi connectivity index (χ0n) is 15.9. The van der Waals surface area contributed by atoms with Crippen LogP contribution in [0.25, 0.3) is 0 Å². The van der Waals surface area contributed by atoms with Gasteiger partial charge in [0.25, 0.3) is 5.91 Å². The molecule has 142 valence electrons. The SMILES string of the molecule is C/C(=C\C=C/CC(F)(F)F)C1=NC(C)(CCC(C)C(C)(C)C)NC1=O. The number of allylic oxidation sites excluding steroid dienone is 3. The molecule has 0 radical (unpaired) electrons. The van der Waals surface area contributed by atoms with Gasteiger partial charge in [0.2, 0.25) is 0 Å². The Bertz CT molecular complexity index is 582. The van der Waals surface area contributed by atoms with E-state index >= 15 is 0 Å². The number of nitrogens with zero attached hydrogens (tertiary/aromatic N) is 1. The summed E-state index contributed by atoms with van der Waals surface area (Å²) < 4.78 is 36.4. The Balaban J connectivity index is 2.77. The van der Waals surface area contributed by atoms with Gasteiger partial charge in [0, 0.05) is 0 Å². The molecule has 0 aromatic heterocycles. The van der Waals surface area contributed by atoms with E-state index < -0.39 is 18.3 Å². The zero-order chi connectivity index (χ0) is 19.5. The molecule has 1 heterocycles. The second-order valence-electron chi connectivity index (χ2n) is 8.09. The molecule has 0 saturated carbocycles. The molecule has 1 amide bonds. The first-order chi connectivity index (χ1) is 11.2. The number of nitrogens with one attached hydrogen (secondary N) is 1. The van der Waals surface area contributed by atoms with Crippen molar-refractivity contribution in [3.8, 4) is 0 Å². The van der Waals surface area contributed by atoms with Crippen molar-refractivity contribution in [3.05, 3.63) is 23.8 Å². The highest BCUT2D eigenvalue weighted by molar-refractivity contribution is 6.46. The Morgan fingerprint density at radius 1 is 1.32 bits per heavy atom. The molecule has 0 bridgehead atoms. The fourth-order valence-electron chi connectivity index (χ4n) is 2.44. The average molecular weight is 358 g/mol. The summed E-state index contributed by atoms with van der Waals surface area (Å²) in [6.45, 7) is 12.3. The van der Waals surface area contributed by atoms with E-state index in [0.29, 0.717) is 17.2 Å². The van der Waals surface area contributed by atoms with Crippen LogP contribution in [0.15, 0.2) is 28.8 Å². The van der Waals surface area contributed by atoms with Gasteiger partial charge in [-0.05, 0) is 43.6 Å². The Labute approximate surface area is 148 Å². The zero-order valence-corrected chi connectivity index (χ0v) is 15.9. The van der Waals surface area contributed by atoms with E-state index in [2.05, 4.69) is 38.0 Å². The lowest BCUT2D eigenvalue weighted by Gasteiger charge is -2.30. The van der Waals surface area contributed by atoms with Gasteiger partial charge in [0.15, 0.2) is 0 Å². The first-order valence-electron chi connectivity index (χ1n) is 8.56. The molecule has 3 nitrogen and oxygen atoms in total.